The first-order chi connectivity index (χ1) is 7.27. The molecule has 2 aromatic rings. The average molecular weight is 196 g/mol. The van der Waals surface area contributed by atoms with Gasteiger partial charge in [0.1, 0.15) is 0 Å². The van der Waals surface area contributed by atoms with Crippen molar-refractivity contribution in [2.45, 2.75) is 12.5 Å². The van der Waals surface area contributed by atoms with E-state index in [4.69, 9.17) is 11.1 Å². The highest BCUT2D eigenvalue weighted by molar-refractivity contribution is 6.02. The highest BCUT2D eigenvalue weighted by Crippen LogP contribution is 2.32. The lowest BCUT2D eigenvalue weighted by atomic mass is 9.84. The molecule has 1 unspecified atom stereocenters. The molecule has 74 valence electrons. The molecule has 0 aromatic heterocycles. The highest BCUT2D eigenvalue weighted by Gasteiger charge is 2.22. The van der Waals surface area contributed by atoms with Crippen LogP contribution < -0.4 is 5.73 Å². The van der Waals surface area contributed by atoms with Crippen molar-refractivity contribution in [2.75, 3.05) is 0 Å². The molecule has 0 spiro atoms. The van der Waals surface area contributed by atoms with Crippen LogP contribution in [0.5, 0.6) is 0 Å². The Morgan fingerprint density at radius 2 is 1.87 bits per heavy atom. The molecule has 0 fully saturated rings. The fourth-order valence-electron chi connectivity index (χ4n) is 2.36. The summed E-state index contributed by atoms with van der Waals surface area (Å²) in [5.74, 6) is 0. The Bertz CT molecular complexity index is 552. The molecule has 0 aliphatic heterocycles. The predicted octanol–water partition coefficient (Wildman–Crippen LogP) is 2.42. The Hall–Kier alpha value is -1.67. The summed E-state index contributed by atoms with van der Waals surface area (Å²) in [4.78, 5) is 0. The van der Waals surface area contributed by atoms with Gasteiger partial charge in [-0.05, 0) is 21.9 Å². The Morgan fingerprint density at radius 3 is 2.67 bits per heavy atom. The Morgan fingerprint density at radius 1 is 1.13 bits per heavy atom. The fraction of sp³-hybridized carbons (Fsp3) is 0.154. The third-order valence-corrected chi connectivity index (χ3v) is 3.11. The summed E-state index contributed by atoms with van der Waals surface area (Å²) < 4.78 is 0. The summed E-state index contributed by atoms with van der Waals surface area (Å²) in [6.07, 6.45) is 0.690. The summed E-state index contributed by atoms with van der Waals surface area (Å²) in [5, 5.41) is 10.3. The van der Waals surface area contributed by atoms with Crippen LogP contribution in [0, 0.1) is 5.41 Å². The van der Waals surface area contributed by atoms with Crippen LogP contribution in [0.4, 0.5) is 0 Å². The van der Waals surface area contributed by atoms with Gasteiger partial charge in [-0.3, -0.25) is 0 Å². The molecule has 2 aromatic carbocycles. The van der Waals surface area contributed by atoms with Gasteiger partial charge in [0.15, 0.2) is 0 Å². The smallest absolute Gasteiger partial charge is 0.0688 e. The van der Waals surface area contributed by atoms with Crippen molar-refractivity contribution in [3.8, 4) is 0 Å². The maximum absolute atomic E-state index is 7.86. The van der Waals surface area contributed by atoms with Gasteiger partial charge in [-0.25, -0.2) is 0 Å². The third-order valence-electron chi connectivity index (χ3n) is 3.11. The minimum Gasteiger partial charge on any atom is -0.319 e. The van der Waals surface area contributed by atoms with Gasteiger partial charge in [0.2, 0.25) is 0 Å². The second-order valence-electron chi connectivity index (χ2n) is 4.04. The number of benzene rings is 2. The number of nitrogens with two attached hydrogens (primary N) is 1. The predicted molar refractivity (Wildman–Crippen MR) is 62.3 cm³/mol. The van der Waals surface area contributed by atoms with E-state index < -0.39 is 0 Å². The second kappa shape index (κ2) is 2.91. The van der Waals surface area contributed by atoms with Crippen LogP contribution in [0.15, 0.2) is 36.4 Å². The SMILES string of the molecule is N=C1Cc2cccc3cccc(c23)C1N. The van der Waals surface area contributed by atoms with Crippen LogP contribution in [0.1, 0.15) is 17.2 Å². The summed E-state index contributed by atoms with van der Waals surface area (Å²) in [7, 11) is 0. The summed E-state index contributed by atoms with van der Waals surface area (Å²) >= 11 is 0. The molecular formula is C13H12N2. The molecule has 15 heavy (non-hydrogen) atoms. The summed E-state index contributed by atoms with van der Waals surface area (Å²) in [5.41, 5.74) is 8.96. The van der Waals surface area contributed by atoms with Crippen LogP contribution in [-0.2, 0) is 6.42 Å². The lowest BCUT2D eigenvalue weighted by molar-refractivity contribution is 0.919. The van der Waals surface area contributed by atoms with Crippen LogP contribution >= 0.6 is 0 Å². The Labute approximate surface area is 88.2 Å². The zero-order chi connectivity index (χ0) is 10.4. The van der Waals surface area contributed by atoms with Crippen molar-refractivity contribution in [1.82, 2.24) is 0 Å². The highest BCUT2D eigenvalue weighted by atomic mass is 14.7. The molecule has 0 bridgehead atoms. The van der Waals surface area contributed by atoms with Gasteiger partial charge >= 0.3 is 0 Å². The Kier molecular flexibility index (Phi) is 1.67. The molecular weight excluding hydrogens is 184 g/mol. The zero-order valence-corrected chi connectivity index (χ0v) is 8.33. The van der Waals surface area contributed by atoms with E-state index in [-0.39, 0.29) is 6.04 Å². The monoisotopic (exact) mass is 196 g/mol. The maximum atomic E-state index is 7.86. The van der Waals surface area contributed by atoms with E-state index in [1.165, 1.54) is 16.3 Å². The lowest BCUT2D eigenvalue weighted by Gasteiger charge is -2.23. The van der Waals surface area contributed by atoms with Crippen LogP contribution in [-0.4, -0.2) is 5.71 Å². The number of hydrogen-bond acceptors (Lipinski definition) is 2. The van der Waals surface area contributed by atoms with Crippen molar-refractivity contribution < 1.29 is 0 Å². The zero-order valence-electron chi connectivity index (χ0n) is 8.33. The van der Waals surface area contributed by atoms with E-state index in [1.54, 1.807) is 0 Å². The number of nitrogens with one attached hydrogen (secondary N) is 1. The van der Waals surface area contributed by atoms with Crippen LogP contribution in [0.25, 0.3) is 10.8 Å². The first-order valence-electron chi connectivity index (χ1n) is 5.11. The Balaban J connectivity index is 2.46. The van der Waals surface area contributed by atoms with Gasteiger partial charge < -0.3 is 11.1 Å². The molecule has 1 aliphatic carbocycles. The van der Waals surface area contributed by atoms with Gasteiger partial charge in [-0.15, -0.1) is 0 Å². The summed E-state index contributed by atoms with van der Waals surface area (Å²) in [6, 6.07) is 12.2. The minimum atomic E-state index is -0.219. The van der Waals surface area contributed by atoms with Gasteiger partial charge in [0.25, 0.3) is 0 Å². The van der Waals surface area contributed by atoms with E-state index in [1.807, 2.05) is 18.2 Å². The van der Waals surface area contributed by atoms with E-state index >= 15 is 0 Å². The van der Waals surface area contributed by atoms with E-state index in [2.05, 4.69) is 18.2 Å². The topological polar surface area (TPSA) is 49.9 Å². The molecule has 2 heteroatoms. The maximum Gasteiger partial charge on any atom is 0.0688 e. The fourth-order valence-corrected chi connectivity index (χ4v) is 2.36. The molecule has 1 atom stereocenters. The van der Waals surface area contributed by atoms with Crippen molar-refractivity contribution >= 4 is 16.5 Å². The molecule has 2 nitrogen and oxygen atoms in total. The molecule has 0 saturated carbocycles. The van der Waals surface area contributed by atoms with Crippen molar-refractivity contribution in [1.29, 1.82) is 5.41 Å². The van der Waals surface area contributed by atoms with Crippen molar-refractivity contribution in [3.63, 3.8) is 0 Å². The quantitative estimate of drug-likeness (QED) is 0.668. The van der Waals surface area contributed by atoms with Crippen molar-refractivity contribution in [3.05, 3.63) is 47.5 Å². The first-order valence-corrected chi connectivity index (χ1v) is 5.11. The lowest BCUT2D eigenvalue weighted by Crippen LogP contribution is -2.26. The van der Waals surface area contributed by atoms with E-state index in [0.29, 0.717) is 12.1 Å². The molecule has 0 heterocycles. The molecule has 0 amide bonds. The normalized spacial score (nSPS) is 19.5. The van der Waals surface area contributed by atoms with Crippen LogP contribution in [0.3, 0.4) is 0 Å². The standard InChI is InChI=1S/C13H12N2/c14-11-7-9-5-1-3-8-4-2-6-10(12(8)9)13(11)15/h1-6,13-14H,7,15H2. The molecule has 3 rings (SSSR count). The van der Waals surface area contributed by atoms with Gasteiger partial charge in [0.05, 0.1) is 6.04 Å². The van der Waals surface area contributed by atoms with Crippen molar-refractivity contribution in [2.24, 2.45) is 5.73 Å². The number of rotatable bonds is 0. The number of hydrogen-bond donors (Lipinski definition) is 2. The van der Waals surface area contributed by atoms with Gasteiger partial charge in [-0.2, -0.15) is 0 Å². The third kappa shape index (κ3) is 1.12. The molecule has 1 aliphatic rings. The molecule has 0 radical (unpaired) electrons. The van der Waals surface area contributed by atoms with Gasteiger partial charge in [0, 0.05) is 12.1 Å². The minimum absolute atomic E-state index is 0.219. The molecule has 0 saturated heterocycles. The average Bonchev–Trinajstić information content (AvgIpc) is 2.26. The largest absolute Gasteiger partial charge is 0.319 e. The van der Waals surface area contributed by atoms with E-state index in [9.17, 15) is 0 Å². The molecule has 3 N–H and O–H groups in total. The van der Waals surface area contributed by atoms with Crippen LogP contribution in [0.2, 0.25) is 0 Å². The van der Waals surface area contributed by atoms with Gasteiger partial charge in [-0.1, -0.05) is 36.4 Å². The summed E-state index contributed by atoms with van der Waals surface area (Å²) in [6.45, 7) is 0. The first kappa shape index (κ1) is 8.62. The van der Waals surface area contributed by atoms with E-state index in [0.717, 1.165) is 5.56 Å². The second-order valence-corrected chi connectivity index (χ2v) is 4.04.